The smallest absolute Gasteiger partial charge is 0.134 e. The van der Waals surface area contributed by atoms with Gasteiger partial charge < -0.3 is 0 Å². The molecule has 1 spiro atoms. The second kappa shape index (κ2) is 1.60. The molecule has 0 aromatic carbocycles. The molecule has 58 valence electrons. The summed E-state index contributed by atoms with van der Waals surface area (Å²) in [5.74, 6) is 2.09. The van der Waals surface area contributed by atoms with E-state index in [1.807, 2.05) is 0 Å². The Morgan fingerprint density at radius 2 is 2.18 bits per heavy atom. The standard InChI is InChI=1S/C10H12O/c11-9-5-10(6-9)4-7-1-2-8(10)3-7/h1-2,7-8H,3-6H2. The lowest BCUT2D eigenvalue weighted by Crippen LogP contribution is -2.40. The largest absolute Gasteiger partial charge is 0.300 e. The summed E-state index contributed by atoms with van der Waals surface area (Å²) in [6, 6.07) is 0. The fraction of sp³-hybridized carbons (Fsp3) is 0.700. The molecule has 2 atom stereocenters. The maximum absolute atomic E-state index is 10.9. The van der Waals surface area contributed by atoms with Crippen LogP contribution >= 0.6 is 0 Å². The maximum Gasteiger partial charge on any atom is 0.134 e. The van der Waals surface area contributed by atoms with Gasteiger partial charge in [0.1, 0.15) is 5.78 Å². The molecule has 11 heavy (non-hydrogen) atoms. The van der Waals surface area contributed by atoms with E-state index in [-0.39, 0.29) is 0 Å². The zero-order valence-corrected chi connectivity index (χ0v) is 6.55. The Bertz CT molecular complexity index is 244. The summed E-state index contributed by atoms with van der Waals surface area (Å²) < 4.78 is 0. The first-order chi connectivity index (χ1) is 5.28. The molecule has 1 nitrogen and oxygen atoms in total. The number of rotatable bonds is 0. The van der Waals surface area contributed by atoms with Gasteiger partial charge in [0.25, 0.3) is 0 Å². The highest BCUT2D eigenvalue weighted by molar-refractivity contribution is 5.86. The van der Waals surface area contributed by atoms with Crippen LogP contribution < -0.4 is 0 Å². The molecular weight excluding hydrogens is 136 g/mol. The minimum Gasteiger partial charge on any atom is -0.300 e. The number of fused-ring (bicyclic) bond motifs is 3. The Balaban J connectivity index is 1.92. The molecule has 0 amide bonds. The van der Waals surface area contributed by atoms with Gasteiger partial charge >= 0.3 is 0 Å². The van der Waals surface area contributed by atoms with Crippen molar-refractivity contribution in [2.75, 3.05) is 0 Å². The van der Waals surface area contributed by atoms with Crippen molar-refractivity contribution in [3.63, 3.8) is 0 Å². The van der Waals surface area contributed by atoms with Gasteiger partial charge in [-0.2, -0.15) is 0 Å². The molecule has 1 heteroatoms. The van der Waals surface area contributed by atoms with Crippen molar-refractivity contribution in [2.24, 2.45) is 17.3 Å². The molecule has 0 aliphatic heterocycles. The van der Waals surface area contributed by atoms with Gasteiger partial charge in [0.2, 0.25) is 0 Å². The Kier molecular flexibility index (Phi) is 0.869. The molecule has 2 saturated carbocycles. The molecule has 0 heterocycles. The normalized spacial score (nSPS) is 43.5. The lowest BCUT2D eigenvalue weighted by Gasteiger charge is -2.42. The topological polar surface area (TPSA) is 17.1 Å². The molecule has 0 aromatic rings. The van der Waals surface area contributed by atoms with Gasteiger partial charge in [-0.15, -0.1) is 0 Å². The van der Waals surface area contributed by atoms with E-state index in [1.54, 1.807) is 0 Å². The Morgan fingerprint density at radius 3 is 2.64 bits per heavy atom. The highest BCUT2D eigenvalue weighted by Crippen LogP contribution is 2.60. The third-order valence-electron chi connectivity index (χ3n) is 3.73. The number of carbonyl (C=O) groups is 1. The van der Waals surface area contributed by atoms with Crippen LogP contribution in [0, 0.1) is 17.3 Å². The molecule has 2 unspecified atom stereocenters. The molecule has 2 fully saturated rings. The zero-order valence-electron chi connectivity index (χ0n) is 6.55. The van der Waals surface area contributed by atoms with E-state index in [0.717, 1.165) is 24.7 Å². The average Bonchev–Trinajstić information content (AvgIpc) is 2.43. The van der Waals surface area contributed by atoms with Gasteiger partial charge in [0.05, 0.1) is 0 Å². The highest BCUT2D eigenvalue weighted by Gasteiger charge is 2.55. The fourth-order valence-corrected chi connectivity index (χ4v) is 3.19. The van der Waals surface area contributed by atoms with Gasteiger partial charge in [0, 0.05) is 12.8 Å². The van der Waals surface area contributed by atoms with Crippen molar-refractivity contribution >= 4 is 5.78 Å². The third-order valence-corrected chi connectivity index (χ3v) is 3.73. The molecule has 3 aliphatic carbocycles. The number of Topliss-reactive ketones (excluding diaryl/α,β-unsaturated/α-hetero) is 1. The molecule has 0 radical (unpaired) electrons. The van der Waals surface area contributed by atoms with Crippen LogP contribution in [-0.2, 0) is 4.79 Å². The van der Waals surface area contributed by atoms with E-state index in [0.29, 0.717) is 11.2 Å². The summed E-state index contributed by atoms with van der Waals surface area (Å²) in [6.07, 6.45) is 9.11. The van der Waals surface area contributed by atoms with Gasteiger partial charge in [0.15, 0.2) is 0 Å². The highest BCUT2D eigenvalue weighted by atomic mass is 16.1. The third kappa shape index (κ3) is 0.597. The van der Waals surface area contributed by atoms with Crippen molar-refractivity contribution < 1.29 is 4.79 Å². The van der Waals surface area contributed by atoms with E-state index < -0.39 is 0 Å². The predicted octanol–water partition coefficient (Wildman–Crippen LogP) is 1.93. The van der Waals surface area contributed by atoms with E-state index in [4.69, 9.17) is 0 Å². The number of allylic oxidation sites excluding steroid dienone is 2. The second-order valence-corrected chi connectivity index (χ2v) is 4.45. The lowest BCUT2D eigenvalue weighted by molar-refractivity contribution is -0.134. The van der Waals surface area contributed by atoms with Crippen LogP contribution in [0.15, 0.2) is 12.2 Å². The van der Waals surface area contributed by atoms with E-state index in [2.05, 4.69) is 12.2 Å². The van der Waals surface area contributed by atoms with Crippen LogP contribution in [0.4, 0.5) is 0 Å². The summed E-state index contributed by atoms with van der Waals surface area (Å²) in [4.78, 5) is 10.9. The van der Waals surface area contributed by atoms with Gasteiger partial charge in [-0.25, -0.2) is 0 Å². The average molecular weight is 148 g/mol. The zero-order chi connectivity index (χ0) is 7.47. The number of carbonyl (C=O) groups excluding carboxylic acids is 1. The molecule has 0 N–H and O–H groups in total. The van der Waals surface area contributed by atoms with Crippen LogP contribution in [0.25, 0.3) is 0 Å². The van der Waals surface area contributed by atoms with Crippen molar-refractivity contribution in [3.8, 4) is 0 Å². The van der Waals surface area contributed by atoms with E-state index in [1.165, 1.54) is 12.8 Å². The van der Waals surface area contributed by atoms with E-state index in [9.17, 15) is 4.79 Å². The minimum atomic E-state index is 0.469. The van der Waals surface area contributed by atoms with E-state index >= 15 is 0 Å². The molecular formula is C10H12O. The molecule has 3 rings (SSSR count). The number of hydrogen-bond acceptors (Lipinski definition) is 1. The predicted molar refractivity (Wildman–Crippen MR) is 42.0 cm³/mol. The summed E-state index contributed by atoms with van der Waals surface area (Å²) in [5.41, 5.74) is 0.469. The van der Waals surface area contributed by atoms with Gasteiger partial charge in [-0.1, -0.05) is 12.2 Å². The molecule has 3 aliphatic rings. The maximum atomic E-state index is 10.9. The van der Waals surface area contributed by atoms with Crippen LogP contribution in [0.3, 0.4) is 0 Å². The van der Waals surface area contributed by atoms with Gasteiger partial charge in [-0.05, 0) is 30.1 Å². The van der Waals surface area contributed by atoms with Crippen LogP contribution in [0.5, 0.6) is 0 Å². The SMILES string of the molecule is O=C1CC2(C1)CC1C=CC2C1. The summed E-state index contributed by atoms with van der Waals surface area (Å²) in [7, 11) is 0. The molecule has 0 saturated heterocycles. The monoisotopic (exact) mass is 148 g/mol. The summed E-state index contributed by atoms with van der Waals surface area (Å²) in [6.45, 7) is 0. The first kappa shape index (κ1) is 5.99. The van der Waals surface area contributed by atoms with Crippen LogP contribution in [-0.4, -0.2) is 5.78 Å². The summed E-state index contributed by atoms with van der Waals surface area (Å²) in [5, 5.41) is 0. The van der Waals surface area contributed by atoms with Crippen molar-refractivity contribution in [1.29, 1.82) is 0 Å². The Labute approximate surface area is 66.5 Å². The first-order valence-corrected chi connectivity index (χ1v) is 4.49. The van der Waals surface area contributed by atoms with Gasteiger partial charge in [-0.3, -0.25) is 4.79 Å². The molecule has 2 bridgehead atoms. The fourth-order valence-electron chi connectivity index (χ4n) is 3.19. The van der Waals surface area contributed by atoms with Crippen LogP contribution in [0.1, 0.15) is 25.7 Å². The quantitative estimate of drug-likeness (QED) is 0.480. The Morgan fingerprint density at radius 1 is 1.36 bits per heavy atom. The molecule has 0 aromatic heterocycles. The summed E-state index contributed by atoms with van der Waals surface area (Å²) >= 11 is 0. The lowest BCUT2D eigenvalue weighted by atomic mass is 9.61. The Hall–Kier alpha value is -0.590. The first-order valence-electron chi connectivity index (χ1n) is 4.49. The van der Waals surface area contributed by atoms with Crippen molar-refractivity contribution in [1.82, 2.24) is 0 Å². The minimum absolute atomic E-state index is 0.469. The van der Waals surface area contributed by atoms with Crippen molar-refractivity contribution in [2.45, 2.75) is 25.7 Å². The second-order valence-electron chi connectivity index (χ2n) is 4.45. The van der Waals surface area contributed by atoms with Crippen molar-refractivity contribution in [3.05, 3.63) is 12.2 Å². The number of ketones is 1. The number of hydrogen-bond donors (Lipinski definition) is 0. The van der Waals surface area contributed by atoms with Crippen LogP contribution in [0.2, 0.25) is 0 Å².